The fourth-order valence-electron chi connectivity index (χ4n) is 3.31. The second-order valence-corrected chi connectivity index (χ2v) is 7.71. The van der Waals surface area contributed by atoms with Crippen LogP contribution in [0.15, 0.2) is 47.7 Å². The number of hydrogen-bond acceptors (Lipinski definition) is 6. The number of rotatable bonds is 5. The largest absolute Gasteiger partial charge is 0.343 e. The number of anilines is 1. The van der Waals surface area contributed by atoms with Crippen LogP contribution in [-0.2, 0) is 6.42 Å². The van der Waals surface area contributed by atoms with Gasteiger partial charge in [0.25, 0.3) is 0 Å². The highest BCUT2D eigenvalue weighted by atomic mass is 35.5. The zero-order valence-electron chi connectivity index (χ0n) is 16.1. The topological polar surface area (TPSA) is 59.0 Å². The average Bonchev–Trinajstić information content (AvgIpc) is 3.24. The lowest BCUT2D eigenvalue weighted by Crippen LogP contribution is -2.31. The smallest absolute Gasteiger partial charge is 0.185 e. The first kappa shape index (κ1) is 22.0. The molecule has 3 heterocycles. The lowest BCUT2D eigenvalue weighted by molar-refractivity contribution is 0.0983. The number of aromatic nitrogens is 3. The molecule has 0 unspecified atom stereocenters. The van der Waals surface area contributed by atoms with E-state index in [1.165, 1.54) is 17.8 Å². The molecule has 0 saturated heterocycles. The van der Waals surface area contributed by atoms with Crippen LogP contribution >= 0.6 is 23.7 Å². The van der Waals surface area contributed by atoms with Gasteiger partial charge in [0, 0.05) is 30.9 Å². The van der Waals surface area contributed by atoms with Crippen molar-refractivity contribution in [1.29, 1.82) is 0 Å². The van der Waals surface area contributed by atoms with E-state index in [-0.39, 0.29) is 18.8 Å². The molecule has 156 valence electrons. The zero-order valence-corrected chi connectivity index (χ0v) is 17.8. The van der Waals surface area contributed by atoms with Gasteiger partial charge >= 0.3 is 0 Å². The lowest BCUT2D eigenvalue weighted by atomic mass is 9.99. The van der Waals surface area contributed by atoms with E-state index in [0.29, 0.717) is 12.2 Å². The fraction of sp³-hybridized carbons (Fsp3) is 0.238. The molecule has 1 aromatic carbocycles. The molecule has 0 spiro atoms. The molecule has 2 aromatic heterocycles. The molecule has 0 fully saturated rings. The molecule has 30 heavy (non-hydrogen) atoms. The molecular formula is C21H19ClF2N4OS. The summed E-state index contributed by atoms with van der Waals surface area (Å²) in [7, 11) is 0. The van der Waals surface area contributed by atoms with Crippen molar-refractivity contribution < 1.29 is 13.6 Å². The van der Waals surface area contributed by atoms with Crippen LogP contribution in [0.2, 0.25) is 0 Å². The van der Waals surface area contributed by atoms with Crippen molar-refractivity contribution in [3.63, 3.8) is 0 Å². The molecule has 9 heteroatoms. The summed E-state index contributed by atoms with van der Waals surface area (Å²) in [5.74, 6) is -2.40. The Labute approximate surface area is 182 Å². The molecular weight excluding hydrogens is 430 g/mol. The Morgan fingerprint density at radius 3 is 2.57 bits per heavy atom. The number of carbonyl (C=O) groups is 1. The van der Waals surface area contributed by atoms with E-state index in [0.717, 1.165) is 41.5 Å². The van der Waals surface area contributed by atoms with Crippen LogP contribution in [0.3, 0.4) is 0 Å². The zero-order chi connectivity index (χ0) is 20.4. The molecule has 0 saturated carbocycles. The molecule has 4 rings (SSSR count). The van der Waals surface area contributed by atoms with Crippen LogP contribution in [0.1, 0.15) is 35.1 Å². The lowest BCUT2D eigenvalue weighted by Gasteiger charge is -2.29. The van der Waals surface area contributed by atoms with E-state index in [9.17, 15) is 13.6 Å². The summed E-state index contributed by atoms with van der Waals surface area (Å²) in [6, 6.07) is 3.36. The number of carbonyl (C=O) groups excluding carboxylic acids is 1. The molecule has 0 amide bonds. The number of hydrogen-bond donors (Lipinski definition) is 0. The average molecular weight is 449 g/mol. The number of thiazole rings is 1. The quantitative estimate of drug-likeness (QED) is 0.527. The summed E-state index contributed by atoms with van der Waals surface area (Å²) in [5, 5.41) is 2.92. The summed E-state index contributed by atoms with van der Waals surface area (Å²) in [6.45, 7) is 3.67. The minimum absolute atomic E-state index is 0. The fourth-order valence-corrected chi connectivity index (χ4v) is 3.98. The molecule has 0 aliphatic carbocycles. The number of benzene rings is 1. The Hall–Kier alpha value is -2.71. The van der Waals surface area contributed by atoms with Crippen molar-refractivity contribution in [1.82, 2.24) is 15.0 Å². The predicted molar refractivity (Wildman–Crippen MR) is 115 cm³/mol. The maximum Gasteiger partial charge on any atom is 0.185 e. The van der Waals surface area contributed by atoms with Crippen LogP contribution in [0.5, 0.6) is 0 Å². The minimum Gasteiger partial charge on any atom is -0.343 e. The molecule has 0 bridgehead atoms. The Morgan fingerprint density at radius 1 is 1.17 bits per heavy atom. The van der Waals surface area contributed by atoms with Gasteiger partial charge in [0.15, 0.2) is 10.9 Å². The Morgan fingerprint density at radius 2 is 1.93 bits per heavy atom. The molecule has 1 aliphatic heterocycles. The third-order valence-electron chi connectivity index (χ3n) is 4.91. The van der Waals surface area contributed by atoms with Gasteiger partial charge in [-0.15, -0.1) is 23.7 Å². The molecule has 0 atom stereocenters. The molecule has 1 aliphatic rings. The van der Waals surface area contributed by atoms with Gasteiger partial charge in [-0.25, -0.2) is 13.8 Å². The van der Waals surface area contributed by atoms with Crippen LogP contribution in [0.25, 0.3) is 5.57 Å². The first-order valence-corrected chi connectivity index (χ1v) is 10.0. The van der Waals surface area contributed by atoms with Gasteiger partial charge in [0.2, 0.25) is 0 Å². The Bertz CT molecular complexity index is 1050. The predicted octanol–water partition coefficient (Wildman–Crippen LogP) is 4.74. The van der Waals surface area contributed by atoms with Crippen molar-refractivity contribution in [3.05, 3.63) is 76.3 Å². The van der Waals surface area contributed by atoms with Gasteiger partial charge < -0.3 is 4.90 Å². The van der Waals surface area contributed by atoms with Crippen molar-refractivity contribution in [2.45, 2.75) is 19.8 Å². The highest BCUT2D eigenvalue weighted by molar-refractivity contribution is 7.13. The number of nitrogens with zero attached hydrogens (tertiary/aromatic N) is 4. The maximum absolute atomic E-state index is 13.8. The minimum atomic E-state index is -0.871. The van der Waals surface area contributed by atoms with E-state index < -0.39 is 23.0 Å². The van der Waals surface area contributed by atoms with Crippen molar-refractivity contribution in [3.8, 4) is 0 Å². The van der Waals surface area contributed by atoms with Gasteiger partial charge in [-0.05, 0) is 31.1 Å². The first-order chi connectivity index (χ1) is 14.0. The van der Waals surface area contributed by atoms with E-state index in [4.69, 9.17) is 0 Å². The Balaban J connectivity index is 0.00000256. The summed E-state index contributed by atoms with van der Waals surface area (Å²) >= 11 is 1.59. The van der Waals surface area contributed by atoms with Gasteiger partial charge in [-0.1, -0.05) is 11.6 Å². The van der Waals surface area contributed by atoms with Crippen molar-refractivity contribution in [2.75, 3.05) is 18.0 Å². The van der Waals surface area contributed by atoms with E-state index in [1.54, 1.807) is 23.7 Å². The number of ketones is 1. The highest BCUT2D eigenvalue weighted by Gasteiger charge is 2.22. The van der Waals surface area contributed by atoms with E-state index in [2.05, 4.69) is 26.8 Å². The van der Waals surface area contributed by atoms with Gasteiger partial charge in [0.05, 0.1) is 29.6 Å². The van der Waals surface area contributed by atoms with Crippen molar-refractivity contribution in [2.24, 2.45) is 0 Å². The summed E-state index contributed by atoms with van der Waals surface area (Å²) in [5.41, 5.74) is 2.88. The summed E-state index contributed by atoms with van der Waals surface area (Å²) in [4.78, 5) is 27.6. The van der Waals surface area contributed by atoms with E-state index >= 15 is 0 Å². The third-order valence-corrected chi connectivity index (χ3v) is 5.74. The standard InChI is InChI=1S/C21H18F2N4OS.ClH/c1-13-5-7-27(21-24-6-8-29-21)12-15(13)18-11-25-14(10-26-18)9-19(28)20-16(22)3-2-4-17(20)23;/h2-4,6,8,10-11H,5,7,9,12H2,1H3;1H. The van der Waals surface area contributed by atoms with Crippen LogP contribution in [0.4, 0.5) is 13.9 Å². The molecule has 0 N–H and O–H groups in total. The molecule has 0 radical (unpaired) electrons. The molecule has 3 aromatic rings. The van der Waals surface area contributed by atoms with Crippen molar-refractivity contribution >= 4 is 40.2 Å². The normalized spacial score (nSPS) is 13.9. The van der Waals surface area contributed by atoms with Gasteiger partial charge in [-0.3, -0.25) is 14.8 Å². The van der Waals surface area contributed by atoms with Crippen LogP contribution in [0, 0.1) is 11.6 Å². The monoisotopic (exact) mass is 448 g/mol. The first-order valence-electron chi connectivity index (χ1n) is 9.14. The summed E-state index contributed by atoms with van der Waals surface area (Å²) in [6.07, 6.45) is 5.59. The third kappa shape index (κ3) is 4.55. The number of halogens is 3. The number of Topliss-reactive ketones (excluding diaryl/α,β-unsaturated/α-hetero) is 1. The van der Waals surface area contributed by atoms with Gasteiger partial charge in [0.1, 0.15) is 11.6 Å². The highest BCUT2D eigenvalue weighted by Crippen LogP contribution is 2.29. The Kier molecular flexibility index (Phi) is 6.89. The summed E-state index contributed by atoms with van der Waals surface area (Å²) < 4.78 is 27.6. The maximum atomic E-state index is 13.8. The SMILES string of the molecule is CC1=C(c2cnc(CC(=O)c3c(F)cccc3F)cn2)CN(c2nccs2)CC1.Cl. The van der Waals surface area contributed by atoms with E-state index in [1.807, 2.05) is 5.38 Å². The van der Waals surface area contributed by atoms with Crippen LogP contribution < -0.4 is 4.90 Å². The van der Waals surface area contributed by atoms with Gasteiger partial charge in [-0.2, -0.15) is 0 Å². The van der Waals surface area contributed by atoms with Crippen LogP contribution in [-0.4, -0.2) is 33.8 Å². The second kappa shape index (κ2) is 9.40. The molecule has 5 nitrogen and oxygen atoms in total. The second-order valence-electron chi connectivity index (χ2n) is 6.83.